The lowest BCUT2D eigenvalue weighted by atomic mass is 9.84. The van der Waals surface area contributed by atoms with E-state index in [9.17, 15) is 32.5 Å². The zero-order valence-electron chi connectivity index (χ0n) is 17.2. The van der Waals surface area contributed by atoms with E-state index >= 15 is 0 Å². The van der Waals surface area contributed by atoms with Crippen molar-refractivity contribution in [2.45, 2.75) is 38.5 Å². The molecule has 1 amide bonds. The van der Waals surface area contributed by atoms with Crippen LogP contribution in [0, 0.1) is 5.92 Å². The van der Waals surface area contributed by atoms with Gasteiger partial charge in [0.15, 0.2) is 16.6 Å². The van der Waals surface area contributed by atoms with Gasteiger partial charge < -0.3 is 15.7 Å². The monoisotopic (exact) mass is 501 g/mol. The van der Waals surface area contributed by atoms with E-state index in [1.165, 1.54) is 36.6 Å². The second-order valence-corrected chi connectivity index (χ2v) is 9.63. The van der Waals surface area contributed by atoms with Gasteiger partial charge in [-0.2, -0.15) is 13.5 Å². The number of carboxylic acid groups (broad SMARTS) is 1. The lowest BCUT2D eigenvalue weighted by molar-refractivity contribution is -0.161. The fraction of sp³-hybridized carbons (Fsp3) is 0.438. The van der Waals surface area contributed by atoms with Crippen molar-refractivity contribution in [3.63, 3.8) is 0 Å². The maximum atomic E-state index is 13.0. The number of amides is 1. The van der Waals surface area contributed by atoms with E-state index in [2.05, 4.69) is 20.2 Å². The Balaban J connectivity index is 1.88. The van der Waals surface area contributed by atoms with E-state index in [4.69, 9.17) is 10.6 Å². The third-order valence-electron chi connectivity index (χ3n) is 4.70. The fourth-order valence-corrected chi connectivity index (χ4v) is 4.40. The van der Waals surface area contributed by atoms with E-state index in [1.54, 1.807) is 0 Å². The molecule has 17 heteroatoms. The number of nitrogen functional groups attached to an aromatic ring is 1. The smallest absolute Gasteiger partial charge is 0.362 e. The Labute approximate surface area is 190 Å². The number of anilines is 1. The van der Waals surface area contributed by atoms with E-state index in [0.717, 1.165) is 11.3 Å². The molecule has 33 heavy (non-hydrogen) atoms. The maximum absolute atomic E-state index is 13.0. The van der Waals surface area contributed by atoms with E-state index < -0.39 is 57.7 Å². The van der Waals surface area contributed by atoms with Crippen molar-refractivity contribution in [1.82, 2.24) is 24.1 Å². The molecule has 2 atom stereocenters. The normalized spacial score (nSPS) is 19.3. The third-order valence-corrected chi connectivity index (χ3v) is 6.33. The maximum Gasteiger partial charge on any atom is 0.362 e. The number of carbonyl (C=O) groups excluding carboxylic acids is 2. The highest BCUT2D eigenvalue weighted by Gasteiger charge is 2.54. The number of Topliss-reactive ketones (excluding diaryl/α,β-unsaturated/α-hetero) is 1. The van der Waals surface area contributed by atoms with Gasteiger partial charge in [-0.3, -0.25) is 18.8 Å². The lowest BCUT2D eigenvalue weighted by Crippen LogP contribution is -2.64. The predicted molar refractivity (Wildman–Crippen MR) is 111 cm³/mol. The van der Waals surface area contributed by atoms with Crippen LogP contribution in [0.1, 0.15) is 26.0 Å². The first-order valence-corrected chi connectivity index (χ1v) is 11.5. The van der Waals surface area contributed by atoms with Crippen LogP contribution in [0.4, 0.5) is 5.13 Å². The fourth-order valence-electron chi connectivity index (χ4n) is 2.93. The first kappa shape index (κ1) is 24.2. The molecular formula is C16H19N7O8S2. The summed E-state index contributed by atoms with van der Waals surface area (Å²) in [7, 11) is -4.88. The van der Waals surface area contributed by atoms with Gasteiger partial charge >= 0.3 is 16.3 Å². The van der Waals surface area contributed by atoms with Crippen molar-refractivity contribution in [1.29, 1.82) is 0 Å². The summed E-state index contributed by atoms with van der Waals surface area (Å²) in [6, 6.07) is -1.13. The summed E-state index contributed by atoms with van der Waals surface area (Å²) in [5.41, 5.74) is 3.43. The lowest BCUT2D eigenvalue weighted by Gasteiger charge is -2.43. The number of carboxylic acids is 1. The minimum absolute atomic E-state index is 0.00470. The molecule has 3 heterocycles. The quantitative estimate of drug-likeness (QED) is 0.157. The summed E-state index contributed by atoms with van der Waals surface area (Å²) in [5.74, 6) is -4.28. The molecule has 4 N–H and O–H groups in total. The summed E-state index contributed by atoms with van der Waals surface area (Å²) in [6.45, 7) is 2.26. The molecule has 0 aromatic carbocycles. The molecule has 0 aliphatic carbocycles. The molecule has 0 unspecified atom stereocenters. The van der Waals surface area contributed by atoms with Crippen LogP contribution < -0.4 is 5.73 Å². The van der Waals surface area contributed by atoms with Crippen molar-refractivity contribution in [3.8, 4) is 0 Å². The summed E-state index contributed by atoms with van der Waals surface area (Å²) in [4.78, 5) is 49.5. The van der Waals surface area contributed by atoms with Crippen molar-refractivity contribution >= 4 is 50.1 Å². The van der Waals surface area contributed by atoms with Crippen molar-refractivity contribution in [2.75, 3.05) is 5.73 Å². The highest BCUT2D eigenvalue weighted by atomic mass is 32.2. The highest BCUT2D eigenvalue weighted by molar-refractivity contribution is 7.84. The Morgan fingerprint density at radius 1 is 1.39 bits per heavy atom. The average Bonchev–Trinajstić information content (AvgIpc) is 3.36. The Kier molecular flexibility index (Phi) is 6.48. The molecule has 15 nitrogen and oxygen atoms in total. The number of aromatic nitrogens is 4. The standard InChI is InChI=1S/C16H19N7O8S2/c1-16(2,14(26)27)31-21-12(9-5-32-15(17)20-9)11(24)3-8-10(4-22-7-18-6-19-22)23(13(8)25)33(28,29)30/h5-8,10H,3-4H2,1-2H3,(H2,17,20)(H,26,27)(H,28,29,30)/b21-12-/t8-,10+/m0/s1. The van der Waals surface area contributed by atoms with Crippen LogP contribution in [-0.2, 0) is 36.1 Å². The van der Waals surface area contributed by atoms with Crippen LogP contribution in [-0.4, -0.2) is 77.1 Å². The molecule has 2 aromatic rings. The van der Waals surface area contributed by atoms with Crippen molar-refractivity contribution in [2.24, 2.45) is 11.1 Å². The van der Waals surface area contributed by atoms with Gasteiger partial charge in [-0.25, -0.2) is 19.1 Å². The number of thiazole rings is 1. The number of β-lactam (4-membered cyclic amide) rings is 1. The van der Waals surface area contributed by atoms with Crippen molar-refractivity contribution in [3.05, 3.63) is 23.7 Å². The molecule has 1 aliphatic heterocycles. The highest BCUT2D eigenvalue weighted by Crippen LogP contribution is 2.33. The largest absolute Gasteiger partial charge is 0.478 e. The molecule has 1 fully saturated rings. The molecule has 1 aliphatic rings. The number of hydrogen-bond donors (Lipinski definition) is 3. The van der Waals surface area contributed by atoms with Gasteiger partial charge in [0, 0.05) is 11.8 Å². The Bertz CT molecular complexity index is 1210. The minimum atomic E-state index is -4.88. The van der Waals surface area contributed by atoms with Crippen LogP contribution in [0.15, 0.2) is 23.2 Å². The van der Waals surface area contributed by atoms with Crippen LogP contribution >= 0.6 is 11.3 Å². The van der Waals surface area contributed by atoms with E-state index in [1.807, 2.05) is 0 Å². The summed E-state index contributed by atoms with van der Waals surface area (Å²) in [6.07, 6.45) is 1.94. The number of nitrogens with zero attached hydrogens (tertiary/aromatic N) is 6. The predicted octanol–water partition coefficient (Wildman–Crippen LogP) is -0.810. The van der Waals surface area contributed by atoms with Crippen LogP contribution in [0.3, 0.4) is 0 Å². The zero-order chi connectivity index (χ0) is 24.6. The number of hydrogen-bond acceptors (Lipinski definition) is 12. The van der Waals surface area contributed by atoms with Crippen LogP contribution in [0.2, 0.25) is 0 Å². The van der Waals surface area contributed by atoms with Gasteiger partial charge in [-0.15, -0.1) is 11.3 Å². The minimum Gasteiger partial charge on any atom is -0.478 e. The molecule has 3 rings (SSSR count). The van der Waals surface area contributed by atoms with Gasteiger partial charge in [0.05, 0.1) is 18.5 Å². The van der Waals surface area contributed by atoms with Crippen molar-refractivity contribution < 1.29 is 37.3 Å². The summed E-state index contributed by atoms with van der Waals surface area (Å²) >= 11 is 0.992. The molecule has 0 bridgehead atoms. The number of oxime groups is 1. The van der Waals surface area contributed by atoms with Crippen LogP contribution in [0.5, 0.6) is 0 Å². The number of rotatable bonds is 10. The first-order chi connectivity index (χ1) is 15.3. The molecule has 1 saturated heterocycles. The number of ketones is 1. The molecule has 2 aromatic heterocycles. The van der Waals surface area contributed by atoms with Gasteiger partial charge in [-0.05, 0) is 13.8 Å². The second kappa shape index (κ2) is 8.83. The van der Waals surface area contributed by atoms with E-state index in [-0.39, 0.29) is 21.7 Å². The molecule has 0 spiro atoms. The van der Waals surface area contributed by atoms with Crippen LogP contribution in [0.25, 0.3) is 0 Å². The van der Waals surface area contributed by atoms with Gasteiger partial charge in [-0.1, -0.05) is 5.16 Å². The zero-order valence-corrected chi connectivity index (χ0v) is 18.9. The first-order valence-electron chi connectivity index (χ1n) is 9.18. The third kappa shape index (κ3) is 5.15. The Morgan fingerprint density at radius 2 is 2.09 bits per heavy atom. The molecule has 0 radical (unpaired) electrons. The average molecular weight is 502 g/mol. The Morgan fingerprint density at radius 3 is 2.61 bits per heavy atom. The molecule has 178 valence electrons. The SMILES string of the molecule is CC(C)(O/N=C(\C(=O)C[C@@H]1C(=O)N(S(=O)(=O)O)[C@@H]1Cn1cncn1)c1csc(N)n1)C(=O)O. The van der Waals surface area contributed by atoms with Gasteiger partial charge in [0.1, 0.15) is 18.3 Å². The Hall–Kier alpha value is -3.44. The van der Waals surface area contributed by atoms with E-state index in [0.29, 0.717) is 0 Å². The number of carbonyl (C=O) groups is 3. The topological polar surface area (TPSA) is 220 Å². The number of nitrogens with two attached hydrogens (primary N) is 1. The number of aliphatic carboxylic acids is 1. The second-order valence-electron chi connectivity index (χ2n) is 7.45. The summed E-state index contributed by atoms with van der Waals surface area (Å²) < 4.78 is 34.2. The van der Waals surface area contributed by atoms with Gasteiger partial charge in [0.2, 0.25) is 11.5 Å². The molecular weight excluding hydrogens is 482 g/mol. The molecule has 0 saturated carbocycles. The summed E-state index contributed by atoms with van der Waals surface area (Å²) in [5, 5.41) is 18.2. The van der Waals surface area contributed by atoms with Gasteiger partial charge in [0.25, 0.3) is 0 Å².